The maximum atomic E-state index is 12.6. The first kappa shape index (κ1) is 19.5. The Balaban J connectivity index is 1.73. The molecule has 0 spiro atoms. The number of amides is 1. The van der Waals surface area contributed by atoms with Crippen LogP contribution in [-0.2, 0) is 4.79 Å². The zero-order valence-electron chi connectivity index (χ0n) is 16.0. The van der Waals surface area contributed by atoms with Gasteiger partial charge in [-0.2, -0.15) is 0 Å². The van der Waals surface area contributed by atoms with Crippen LogP contribution in [0, 0.1) is 6.92 Å². The summed E-state index contributed by atoms with van der Waals surface area (Å²) in [6.07, 6.45) is 2.11. The lowest BCUT2D eigenvalue weighted by Crippen LogP contribution is -3.11. The Morgan fingerprint density at radius 1 is 1.22 bits per heavy atom. The van der Waals surface area contributed by atoms with Gasteiger partial charge < -0.3 is 19.7 Å². The van der Waals surface area contributed by atoms with Crippen LogP contribution in [0.2, 0.25) is 5.02 Å². The van der Waals surface area contributed by atoms with Gasteiger partial charge in [0, 0.05) is 29.6 Å². The van der Waals surface area contributed by atoms with Gasteiger partial charge in [-0.3, -0.25) is 4.79 Å². The van der Waals surface area contributed by atoms with Crippen molar-refractivity contribution in [1.82, 2.24) is 0 Å². The number of anilines is 1. The predicted molar refractivity (Wildman–Crippen MR) is 107 cm³/mol. The first-order chi connectivity index (χ1) is 13.0. The molecule has 0 aromatic heterocycles. The average molecular weight is 390 g/mol. The number of hydrogen-bond acceptors (Lipinski definition) is 3. The number of methoxy groups -OCH3 is 2. The summed E-state index contributed by atoms with van der Waals surface area (Å²) in [5, 5.41) is 3.62. The summed E-state index contributed by atoms with van der Waals surface area (Å²) < 4.78 is 10.9. The normalized spacial score (nSPS) is 19.0. The molecule has 1 saturated heterocycles. The molecule has 6 heteroatoms. The highest BCUT2D eigenvalue weighted by atomic mass is 35.5. The second-order valence-electron chi connectivity index (χ2n) is 6.90. The van der Waals surface area contributed by atoms with Crippen molar-refractivity contribution < 1.29 is 19.2 Å². The predicted octanol–water partition coefficient (Wildman–Crippen LogP) is 3.02. The number of aryl methyl sites for hydroxylation is 1. The highest BCUT2D eigenvalue weighted by Crippen LogP contribution is 2.31. The van der Waals surface area contributed by atoms with Crippen LogP contribution < -0.4 is 19.7 Å². The van der Waals surface area contributed by atoms with Gasteiger partial charge in [0.2, 0.25) is 0 Å². The fourth-order valence-corrected chi connectivity index (χ4v) is 3.91. The van der Waals surface area contributed by atoms with E-state index >= 15 is 0 Å². The Bertz CT molecular complexity index is 825. The van der Waals surface area contributed by atoms with E-state index in [1.165, 1.54) is 4.90 Å². The molecule has 144 valence electrons. The summed E-state index contributed by atoms with van der Waals surface area (Å²) in [5.41, 5.74) is 2.89. The second kappa shape index (κ2) is 8.63. The zero-order chi connectivity index (χ0) is 19.4. The van der Waals surface area contributed by atoms with Gasteiger partial charge in [0.25, 0.3) is 5.91 Å². The molecule has 0 aliphatic carbocycles. The number of quaternary nitrogens is 1. The second-order valence-corrected chi connectivity index (χ2v) is 7.33. The molecule has 27 heavy (non-hydrogen) atoms. The number of likely N-dealkylation sites (tertiary alicyclic amines) is 1. The molecule has 0 saturated carbocycles. The Morgan fingerprint density at radius 2 is 2.04 bits per heavy atom. The smallest absolute Gasteiger partial charge is 0.279 e. The Labute approximate surface area is 165 Å². The largest absolute Gasteiger partial charge is 0.497 e. The lowest BCUT2D eigenvalue weighted by Gasteiger charge is -2.23. The fourth-order valence-electron chi connectivity index (χ4n) is 3.73. The van der Waals surface area contributed by atoms with Crippen molar-refractivity contribution in [3.63, 3.8) is 0 Å². The van der Waals surface area contributed by atoms with Gasteiger partial charge in [-0.15, -0.1) is 0 Å². The molecule has 0 bridgehead atoms. The van der Waals surface area contributed by atoms with Crippen molar-refractivity contribution >= 4 is 23.2 Å². The van der Waals surface area contributed by atoms with E-state index in [1.54, 1.807) is 20.3 Å². The maximum Gasteiger partial charge on any atom is 0.279 e. The van der Waals surface area contributed by atoms with E-state index in [9.17, 15) is 4.79 Å². The van der Waals surface area contributed by atoms with Crippen LogP contribution in [0.3, 0.4) is 0 Å². The molecule has 1 heterocycles. The highest BCUT2D eigenvalue weighted by molar-refractivity contribution is 6.31. The molecule has 5 nitrogen and oxygen atoms in total. The number of carbonyl (C=O) groups excluding carboxylic acids is 1. The van der Waals surface area contributed by atoms with Crippen LogP contribution in [0.25, 0.3) is 0 Å². The molecular weight excluding hydrogens is 364 g/mol. The average Bonchev–Trinajstić information content (AvgIpc) is 3.11. The molecule has 1 fully saturated rings. The van der Waals surface area contributed by atoms with E-state index in [0.29, 0.717) is 11.6 Å². The summed E-state index contributed by atoms with van der Waals surface area (Å²) in [6.45, 7) is 3.33. The molecule has 1 amide bonds. The van der Waals surface area contributed by atoms with Crippen LogP contribution in [-0.4, -0.2) is 33.2 Å². The topological polar surface area (TPSA) is 52.0 Å². The third-order valence-electron chi connectivity index (χ3n) is 5.16. The lowest BCUT2D eigenvalue weighted by molar-refractivity contribution is -0.910. The van der Waals surface area contributed by atoms with E-state index in [-0.39, 0.29) is 11.9 Å². The minimum Gasteiger partial charge on any atom is -0.497 e. The quantitative estimate of drug-likeness (QED) is 0.798. The standard InChI is InChI=1S/C21H25ClN2O3/c1-14-6-7-15(22)11-18(14)23-21(25)13-24-10-4-5-19(24)17-9-8-16(26-2)12-20(17)27-3/h6-9,11-12,19H,4-5,10,13H2,1-3H3,(H,23,25)/p+1/t19-/m0/s1. The van der Waals surface area contributed by atoms with Crippen molar-refractivity contribution in [2.75, 3.05) is 32.6 Å². The van der Waals surface area contributed by atoms with Crippen LogP contribution in [0.15, 0.2) is 36.4 Å². The molecule has 1 aliphatic heterocycles. The van der Waals surface area contributed by atoms with Gasteiger partial charge in [0.15, 0.2) is 6.54 Å². The van der Waals surface area contributed by atoms with Crippen LogP contribution in [0.1, 0.15) is 30.0 Å². The highest BCUT2D eigenvalue weighted by Gasteiger charge is 2.33. The Hall–Kier alpha value is -2.24. The minimum absolute atomic E-state index is 0.00487. The number of hydrogen-bond donors (Lipinski definition) is 2. The van der Waals surface area contributed by atoms with Crippen molar-refractivity contribution in [3.8, 4) is 11.5 Å². The molecule has 0 radical (unpaired) electrons. The van der Waals surface area contributed by atoms with Crippen LogP contribution in [0.4, 0.5) is 5.69 Å². The fraction of sp³-hybridized carbons (Fsp3) is 0.381. The van der Waals surface area contributed by atoms with Gasteiger partial charge in [-0.1, -0.05) is 17.7 Å². The summed E-state index contributed by atoms with van der Waals surface area (Å²) in [7, 11) is 3.31. The van der Waals surface area contributed by atoms with Gasteiger partial charge in [0.1, 0.15) is 17.5 Å². The molecule has 1 aliphatic rings. The molecule has 2 atom stereocenters. The lowest BCUT2D eigenvalue weighted by atomic mass is 10.0. The summed E-state index contributed by atoms with van der Waals surface area (Å²) in [5.74, 6) is 1.57. The number of benzene rings is 2. The number of halogens is 1. The Kier molecular flexibility index (Phi) is 6.24. The van der Waals surface area contributed by atoms with Crippen molar-refractivity contribution in [1.29, 1.82) is 0 Å². The summed E-state index contributed by atoms with van der Waals surface area (Å²) in [4.78, 5) is 13.9. The number of nitrogens with one attached hydrogen (secondary N) is 2. The first-order valence-electron chi connectivity index (χ1n) is 9.14. The van der Waals surface area contributed by atoms with E-state index in [2.05, 4.69) is 5.32 Å². The van der Waals surface area contributed by atoms with E-state index in [4.69, 9.17) is 21.1 Å². The Morgan fingerprint density at radius 3 is 2.78 bits per heavy atom. The maximum absolute atomic E-state index is 12.6. The van der Waals surface area contributed by atoms with Crippen molar-refractivity contribution in [2.24, 2.45) is 0 Å². The van der Waals surface area contributed by atoms with E-state index in [0.717, 1.165) is 47.7 Å². The van der Waals surface area contributed by atoms with Crippen molar-refractivity contribution in [3.05, 3.63) is 52.5 Å². The third-order valence-corrected chi connectivity index (χ3v) is 5.40. The molecule has 1 unspecified atom stereocenters. The SMILES string of the molecule is COc1ccc([C@@H]2CCC[NH+]2CC(=O)Nc2cc(Cl)ccc2C)c(OC)c1. The molecule has 2 aromatic carbocycles. The zero-order valence-corrected chi connectivity index (χ0v) is 16.7. The molecular formula is C21H26ClN2O3+. The third kappa shape index (κ3) is 4.54. The number of carbonyl (C=O) groups is 1. The van der Waals surface area contributed by atoms with E-state index < -0.39 is 0 Å². The minimum atomic E-state index is -0.00487. The molecule has 2 aromatic rings. The van der Waals surface area contributed by atoms with Gasteiger partial charge in [0.05, 0.1) is 26.3 Å². The van der Waals surface area contributed by atoms with Crippen molar-refractivity contribution in [2.45, 2.75) is 25.8 Å². The van der Waals surface area contributed by atoms with Gasteiger partial charge in [-0.25, -0.2) is 0 Å². The summed E-state index contributed by atoms with van der Waals surface area (Å²) in [6, 6.07) is 11.7. The van der Waals surface area contributed by atoms with E-state index in [1.807, 2.05) is 37.3 Å². The van der Waals surface area contributed by atoms with Gasteiger partial charge >= 0.3 is 0 Å². The monoisotopic (exact) mass is 389 g/mol. The van der Waals surface area contributed by atoms with Crippen LogP contribution in [0.5, 0.6) is 11.5 Å². The number of ether oxygens (including phenoxy) is 2. The molecule has 2 N–H and O–H groups in total. The first-order valence-corrected chi connectivity index (χ1v) is 9.52. The molecule has 3 rings (SSSR count). The number of rotatable bonds is 6. The van der Waals surface area contributed by atoms with Gasteiger partial charge in [-0.05, 0) is 36.8 Å². The van der Waals surface area contributed by atoms with Crippen LogP contribution >= 0.6 is 11.6 Å². The summed E-state index contributed by atoms with van der Waals surface area (Å²) >= 11 is 6.05.